The molecule has 12 nitrogen and oxygen atoms in total. The van der Waals surface area contributed by atoms with Crippen molar-refractivity contribution in [2.45, 2.75) is 36.6 Å². The molecule has 1 aliphatic carbocycles. The SMILES string of the molecule is O=c1[nH]c(-c2cc(Cl)ccc2OP(=O)(O)OC2C(O)C(O)C(O)[C@@H](O)[C@@H]2O)nc2ccc(Cl)cc12. The van der Waals surface area contributed by atoms with Gasteiger partial charge in [0.2, 0.25) is 0 Å². The summed E-state index contributed by atoms with van der Waals surface area (Å²) in [5.41, 5.74) is -0.307. The number of aromatic nitrogens is 2. The number of benzene rings is 2. The maximum absolute atomic E-state index is 12.7. The summed E-state index contributed by atoms with van der Waals surface area (Å²) < 4.78 is 22.7. The molecular formula is C20H19Cl2N2O10P. The van der Waals surface area contributed by atoms with Crippen LogP contribution in [0, 0.1) is 0 Å². The van der Waals surface area contributed by atoms with Gasteiger partial charge < -0.3 is 35.0 Å². The molecule has 35 heavy (non-hydrogen) atoms. The van der Waals surface area contributed by atoms with E-state index in [1.165, 1.54) is 36.4 Å². The molecule has 4 rings (SSSR count). The Bertz CT molecular complexity index is 1360. The zero-order valence-corrected chi connectivity index (χ0v) is 19.8. The Hall–Kier alpha value is -2.09. The summed E-state index contributed by atoms with van der Waals surface area (Å²) in [5, 5.41) is 50.1. The molecule has 7 atom stereocenters. The number of nitrogens with one attached hydrogen (secondary N) is 1. The van der Waals surface area contributed by atoms with Gasteiger partial charge in [0.05, 0.1) is 16.5 Å². The largest absolute Gasteiger partial charge is 0.527 e. The smallest absolute Gasteiger partial charge is 0.403 e. The molecule has 7 N–H and O–H groups in total. The second-order valence-electron chi connectivity index (χ2n) is 7.80. The van der Waals surface area contributed by atoms with Crippen molar-refractivity contribution >= 4 is 41.9 Å². The van der Waals surface area contributed by atoms with Gasteiger partial charge in [-0.3, -0.25) is 14.2 Å². The normalized spacial score (nSPS) is 28.6. The highest BCUT2D eigenvalue weighted by molar-refractivity contribution is 7.47. The molecule has 0 spiro atoms. The summed E-state index contributed by atoms with van der Waals surface area (Å²) in [4.78, 5) is 29.7. The van der Waals surface area contributed by atoms with E-state index in [1.807, 2.05) is 0 Å². The van der Waals surface area contributed by atoms with E-state index in [2.05, 4.69) is 9.97 Å². The molecule has 2 aromatic carbocycles. The molecule has 1 fully saturated rings. The molecule has 5 unspecified atom stereocenters. The Morgan fingerprint density at radius 1 is 0.886 bits per heavy atom. The van der Waals surface area contributed by atoms with Gasteiger partial charge in [-0.15, -0.1) is 0 Å². The summed E-state index contributed by atoms with van der Waals surface area (Å²) in [6.45, 7) is 0. The number of aliphatic hydroxyl groups is 5. The van der Waals surface area contributed by atoms with Crippen molar-refractivity contribution in [2.75, 3.05) is 0 Å². The molecule has 1 aliphatic rings. The summed E-state index contributed by atoms with van der Waals surface area (Å²) in [6, 6.07) is 8.23. The first-order valence-electron chi connectivity index (χ1n) is 9.98. The Labute approximate surface area is 206 Å². The predicted molar refractivity (Wildman–Crippen MR) is 123 cm³/mol. The third-order valence-electron chi connectivity index (χ3n) is 5.41. The van der Waals surface area contributed by atoms with Crippen LogP contribution >= 0.6 is 31.0 Å². The van der Waals surface area contributed by atoms with E-state index < -0.39 is 50.0 Å². The van der Waals surface area contributed by atoms with Crippen LogP contribution in [-0.2, 0) is 9.09 Å². The minimum absolute atomic E-state index is 0.00967. The lowest BCUT2D eigenvalue weighted by atomic mass is 9.85. The summed E-state index contributed by atoms with van der Waals surface area (Å²) in [5.74, 6) is -0.397. The highest BCUT2D eigenvalue weighted by Crippen LogP contribution is 2.49. The summed E-state index contributed by atoms with van der Waals surface area (Å²) >= 11 is 12.0. The highest BCUT2D eigenvalue weighted by Gasteiger charge is 2.51. The van der Waals surface area contributed by atoms with Gasteiger partial charge in [-0.1, -0.05) is 23.2 Å². The summed E-state index contributed by atoms with van der Waals surface area (Å²) in [6.07, 6.45) is -12.0. The fourth-order valence-electron chi connectivity index (χ4n) is 3.63. The molecule has 1 saturated carbocycles. The van der Waals surface area contributed by atoms with Gasteiger partial charge in [0.15, 0.2) is 0 Å². The zero-order valence-electron chi connectivity index (χ0n) is 17.4. The molecule has 3 aromatic rings. The minimum Gasteiger partial charge on any atom is -0.403 e. The number of aromatic amines is 1. The molecule has 0 bridgehead atoms. The van der Waals surface area contributed by atoms with Crippen molar-refractivity contribution in [3.63, 3.8) is 0 Å². The molecule has 0 amide bonds. The van der Waals surface area contributed by atoms with Crippen LogP contribution in [0.3, 0.4) is 0 Å². The third kappa shape index (κ3) is 5.23. The first-order chi connectivity index (χ1) is 16.4. The Morgan fingerprint density at radius 2 is 1.46 bits per heavy atom. The number of hydrogen-bond acceptors (Lipinski definition) is 10. The minimum atomic E-state index is -5.16. The number of nitrogens with zero attached hydrogens (tertiary/aromatic N) is 1. The van der Waals surface area contributed by atoms with E-state index >= 15 is 0 Å². The van der Waals surface area contributed by atoms with Crippen LogP contribution in [0.15, 0.2) is 41.2 Å². The molecule has 1 heterocycles. The van der Waals surface area contributed by atoms with E-state index in [0.717, 1.165) is 0 Å². The lowest BCUT2D eigenvalue weighted by Crippen LogP contribution is -2.64. The van der Waals surface area contributed by atoms with Crippen LogP contribution in [0.2, 0.25) is 10.0 Å². The number of fused-ring (bicyclic) bond motifs is 1. The topological polar surface area (TPSA) is 203 Å². The average Bonchev–Trinajstić information content (AvgIpc) is 2.80. The van der Waals surface area contributed by atoms with Crippen molar-refractivity contribution in [2.24, 2.45) is 0 Å². The predicted octanol–water partition coefficient (Wildman–Crippen LogP) is 0.579. The number of aliphatic hydroxyl groups excluding tert-OH is 5. The van der Waals surface area contributed by atoms with Crippen LogP contribution in [-0.4, -0.2) is 77.0 Å². The van der Waals surface area contributed by atoms with Gasteiger partial charge in [0.25, 0.3) is 5.56 Å². The first kappa shape index (κ1) is 26.0. The van der Waals surface area contributed by atoms with Crippen molar-refractivity contribution in [3.8, 4) is 17.1 Å². The van der Waals surface area contributed by atoms with Gasteiger partial charge in [-0.05, 0) is 36.4 Å². The van der Waals surface area contributed by atoms with Gasteiger partial charge >= 0.3 is 7.82 Å². The molecular weight excluding hydrogens is 530 g/mol. The number of phosphoric acid groups is 1. The van der Waals surface area contributed by atoms with Gasteiger partial charge in [-0.2, -0.15) is 0 Å². The van der Waals surface area contributed by atoms with Gasteiger partial charge in [-0.25, -0.2) is 9.55 Å². The number of phosphoric ester groups is 1. The molecule has 0 aliphatic heterocycles. The van der Waals surface area contributed by atoms with Crippen molar-refractivity contribution in [1.82, 2.24) is 9.97 Å². The quantitative estimate of drug-likeness (QED) is 0.220. The third-order valence-corrected chi connectivity index (χ3v) is 6.81. The first-order valence-corrected chi connectivity index (χ1v) is 12.2. The van der Waals surface area contributed by atoms with E-state index in [4.69, 9.17) is 32.2 Å². The molecule has 0 radical (unpaired) electrons. The molecule has 15 heteroatoms. The van der Waals surface area contributed by atoms with Crippen LogP contribution < -0.4 is 10.1 Å². The van der Waals surface area contributed by atoms with E-state index in [0.29, 0.717) is 5.02 Å². The van der Waals surface area contributed by atoms with Gasteiger partial charge in [0, 0.05) is 10.0 Å². The van der Waals surface area contributed by atoms with Crippen molar-refractivity contribution < 1.29 is 44.0 Å². The second kappa shape index (κ2) is 9.75. The molecule has 188 valence electrons. The highest BCUT2D eigenvalue weighted by atomic mass is 35.5. The number of hydrogen-bond donors (Lipinski definition) is 7. The second-order valence-corrected chi connectivity index (χ2v) is 10.0. The maximum atomic E-state index is 12.7. The van der Waals surface area contributed by atoms with E-state index in [1.54, 1.807) is 0 Å². The number of H-pyrrole nitrogens is 1. The molecule has 0 saturated heterocycles. The standard InChI is InChI=1S/C20H19Cl2N2O10P/c21-7-1-3-11-9(5-7)20(30)24-19(23-11)10-6-8(22)2-4-12(10)33-35(31,32)34-18-16(28)14(26)13(25)15(27)17(18)29/h1-6,13-18,25-29H,(H,31,32)(H,23,24,30)/t13?,14-,15?,16+,17?,18?/m1/s1. The summed E-state index contributed by atoms with van der Waals surface area (Å²) in [7, 11) is -5.16. The lowest BCUT2D eigenvalue weighted by Gasteiger charge is -2.41. The van der Waals surface area contributed by atoms with Gasteiger partial charge in [0.1, 0.15) is 48.2 Å². The lowest BCUT2D eigenvalue weighted by molar-refractivity contribution is -0.219. The molecule has 1 aromatic heterocycles. The van der Waals surface area contributed by atoms with Crippen LogP contribution in [0.25, 0.3) is 22.3 Å². The monoisotopic (exact) mass is 548 g/mol. The number of halogens is 2. The Morgan fingerprint density at radius 3 is 2.11 bits per heavy atom. The Kier molecular flexibility index (Phi) is 7.24. The van der Waals surface area contributed by atoms with Crippen molar-refractivity contribution in [3.05, 3.63) is 56.8 Å². The number of rotatable bonds is 5. The van der Waals surface area contributed by atoms with E-state index in [9.17, 15) is 39.8 Å². The fourth-order valence-corrected chi connectivity index (χ4v) is 4.98. The van der Waals surface area contributed by atoms with Crippen LogP contribution in [0.4, 0.5) is 0 Å². The maximum Gasteiger partial charge on any atom is 0.527 e. The van der Waals surface area contributed by atoms with Crippen molar-refractivity contribution in [1.29, 1.82) is 0 Å². The fraction of sp³-hybridized carbons (Fsp3) is 0.300. The Balaban J connectivity index is 1.68. The van der Waals surface area contributed by atoms with Crippen LogP contribution in [0.1, 0.15) is 0 Å². The average molecular weight is 549 g/mol. The van der Waals surface area contributed by atoms with Crippen LogP contribution in [0.5, 0.6) is 5.75 Å². The van der Waals surface area contributed by atoms with E-state index in [-0.39, 0.29) is 33.1 Å². The zero-order chi connectivity index (χ0) is 25.7.